The summed E-state index contributed by atoms with van der Waals surface area (Å²) in [5.74, 6) is -1.32. The lowest BCUT2D eigenvalue weighted by Gasteiger charge is -2.29. The average Bonchev–Trinajstić information content (AvgIpc) is 2.73. The van der Waals surface area contributed by atoms with Gasteiger partial charge in [0.1, 0.15) is 5.82 Å². The minimum Gasteiger partial charge on any atom is -0.354 e. The maximum absolute atomic E-state index is 14.9. The fourth-order valence-corrected chi connectivity index (χ4v) is 3.85. The van der Waals surface area contributed by atoms with Crippen LogP contribution in [0.4, 0.5) is 4.39 Å². The first-order valence-electron chi connectivity index (χ1n) is 10.4. The molecule has 0 fully saturated rings. The van der Waals surface area contributed by atoms with Crippen LogP contribution >= 0.6 is 0 Å². The molecular formula is C26H26FN3O2. The molecule has 4 N–H and O–H groups in total. The maximum Gasteiger partial charge on any atom is 0.255 e. The minimum absolute atomic E-state index is 0.133. The third-order valence-electron chi connectivity index (χ3n) is 5.79. The normalized spacial score (nSPS) is 12.3. The highest BCUT2D eigenvalue weighted by Crippen LogP contribution is 2.26. The Morgan fingerprint density at radius 3 is 2.31 bits per heavy atom. The number of nitrogens with one attached hydrogen (secondary N) is 2. The van der Waals surface area contributed by atoms with E-state index in [2.05, 4.69) is 10.3 Å². The van der Waals surface area contributed by atoms with Crippen molar-refractivity contribution in [2.75, 3.05) is 0 Å². The van der Waals surface area contributed by atoms with E-state index in [-0.39, 0.29) is 16.4 Å². The van der Waals surface area contributed by atoms with Gasteiger partial charge < -0.3 is 16.0 Å². The lowest BCUT2D eigenvalue weighted by molar-refractivity contribution is 0.0908. The van der Waals surface area contributed by atoms with E-state index in [0.717, 1.165) is 17.2 Å². The first-order chi connectivity index (χ1) is 15.0. The summed E-state index contributed by atoms with van der Waals surface area (Å²) in [7, 11) is 0. The van der Waals surface area contributed by atoms with E-state index < -0.39 is 22.8 Å². The largest absolute Gasteiger partial charge is 0.354 e. The topological polar surface area (TPSA) is 88.0 Å². The molecule has 0 saturated carbocycles. The van der Waals surface area contributed by atoms with Crippen LogP contribution in [0.15, 0.2) is 65.5 Å². The molecule has 0 aliphatic carbocycles. The van der Waals surface area contributed by atoms with Crippen molar-refractivity contribution >= 4 is 27.7 Å². The van der Waals surface area contributed by atoms with Crippen LogP contribution < -0.4 is 16.5 Å². The number of para-hydroxylation sites is 1. The molecule has 6 heteroatoms. The molecule has 0 aliphatic heterocycles. The molecule has 164 valence electrons. The Morgan fingerprint density at radius 2 is 1.59 bits per heavy atom. The van der Waals surface area contributed by atoms with Crippen molar-refractivity contribution in [2.24, 2.45) is 5.73 Å². The van der Waals surface area contributed by atoms with Crippen LogP contribution in [0.25, 0.3) is 21.8 Å². The molecule has 0 unspecified atom stereocenters. The number of carbonyl (C=O) groups excluding carboxylic acids is 1. The fraction of sp³-hybridized carbons (Fsp3) is 0.231. The number of halogens is 1. The predicted octanol–water partition coefficient (Wildman–Crippen LogP) is 4.68. The number of amides is 1. The summed E-state index contributed by atoms with van der Waals surface area (Å²) in [5.41, 5.74) is 7.31. The van der Waals surface area contributed by atoms with Crippen molar-refractivity contribution in [3.8, 4) is 0 Å². The molecule has 0 atom stereocenters. The van der Waals surface area contributed by atoms with Gasteiger partial charge in [-0.25, -0.2) is 4.39 Å². The highest BCUT2D eigenvalue weighted by Gasteiger charge is 2.27. The van der Waals surface area contributed by atoms with Crippen molar-refractivity contribution in [1.29, 1.82) is 0 Å². The second kappa shape index (κ2) is 7.57. The van der Waals surface area contributed by atoms with E-state index in [1.54, 1.807) is 24.3 Å². The maximum atomic E-state index is 14.9. The number of H-pyrrole nitrogens is 1. The SMILES string of the molecule is CC(C)(N)c1cccc(C(C)(C)NC(=O)c2cc3[nH]c4ccccc4c(=O)c3cc2F)c1. The smallest absolute Gasteiger partial charge is 0.255 e. The lowest BCUT2D eigenvalue weighted by Crippen LogP contribution is -2.41. The Labute approximate surface area is 185 Å². The van der Waals surface area contributed by atoms with Crippen LogP contribution in [-0.2, 0) is 11.1 Å². The Morgan fingerprint density at radius 1 is 0.906 bits per heavy atom. The summed E-state index contributed by atoms with van der Waals surface area (Å²) in [6, 6.07) is 17.2. The number of aromatic nitrogens is 1. The molecular weight excluding hydrogens is 405 g/mol. The van der Waals surface area contributed by atoms with Gasteiger partial charge in [0.25, 0.3) is 5.91 Å². The van der Waals surface area contributed by atoms with Crippen LogP contribution in [0.2, 0.25) is 0 Å². The molecule has 4 rings (SSSR count). The molecule has 4 aromatic rings. The number of carbonyl (C=O) groups is 1. The first kappa shape index (κ1) is 21.7. The highest BCUT2D eigenvalue weighted by molar-refractivity contribution is 6.00. The molecule has 5 nitrogen and oxygen atoms in total. The molecule has 1 aromatic heterocycles. The first-order valence-corrected chi connectivity index (χ1v) is 10.4. The van der Waals surface area contributed by atoms with Gasteiger partial charge in [-0.05, 0) is 63.1 Å². The number of aromatic amines is 1. The summed E-state index contributed by atoms with van der Waals surface area (Å²) < 4.78 is 14.9. The zero-order valence-corrected chi connectivity index (χ0v) is 18.5. The Bertz CT molecular complexity index is 1410. The molecule has 0 spiro atoms. The predicted molar refractivity (Wildman–Crippen MR) is 126 cm³/mol. The van der Waals surface area contributed by atoms with Gasteiger partial charge in [0, 0.05) is 21.8 Å². The Balaban J connectivity index is 1.73. The lowest BCUT2D eigenvalue weighted by atomic mass is 9.87. The number of benzene rings is 3. The third-order valence-corrected chi connectivity index (χ3v) is 5.79. The summed E-state index contributed by atoms with van der Waals surface area (Å²) in [6.07, 6.45) is 0. The van der Waals surface area contributed by atoms with Gasteiger partial charge in [-0.2, -0.15) is 0 Å². The minimum atomic E-state index is -0.781. The Kier molecular flexibility index (Phi) is 5.13. The average molecular weight is 432 g/mol. The van der Waals surface area contributed by atoms with Gasteiger partial charge in [0.05, 0.1) is 16.6 Å². The summed E-state index contributed by atoms with van der Waals surface area (Å²) in [4.78, 5) is 28.9. The number of rotatable bonds is 4. The molecule has 0 radical (unpaired) electrons. The van der Waals surface area contributed by atoms with Crippen molar-refractivity contribution in [3.05, 3.63) is 93.4 Å². The van der Waals surface area contributed by atoms with Gasteiger partial charge in [-0.3, -0.25) is 9.59 Å². The number of pyridine rings is 1. The van der Waals surface area contributed by atoms with Gasteiger partial charge in [0.2, 0.25) is 0 Å². The van der Waals surface area contributed by atoms with Crippen LogP contribution in [0.5, 0.6) is 0 Å². The molecule has 0 bridgehead atoms. The third kappa shape index (κ3) is 3.89. The zero-order valence-electron chi connectivity index (χ0n) is 18.5. The number of hydrogen-bond acceptors (Lipinski definition) is 3. The van der Waals surface area contributed by atoms with Crippen molar-refractivity contribution in [1.82, 2.24) is 10.3 Å². The molecule has 1 amide bonds. The van der Waals surface area contributed by atoms with Gasteiger partial charge >= 0.3 is 0 Å². The van der Waals surface area contributed by atoms with Crippen LogP contribution in [-0.4, -0.2) is 10.9 Å². The monoisotopic (exact) mass is 431 g/mol. The molecule has 32 heavy (non-hydrogen) atoms. The summed E-state index contributed by atoms with van der Waals surface area (Å²) in [5, 5.41) is 3.59. The van der Waals surface area contributed by atoms with Crippen molar-refractivity contribution in [2.45, 2.75) is 38.8 Å². The number of hydrogen-bond donors (Lipinski definition) is 3. The standard InChI is InChI=1S/C26H26FN3O2/c1-25(2,28)15-8-7-9-16(12-15)26(3,4)30-24(32)18-14-22-19(13-20(18)27)23(31)17-10-5-6-11-21(17)29-22/h5-14H,28H2,1-4H3,(H,29,31)(H,30,32). The van der Waals surface area contributed by atoms with Gasteiger partial charge in [-0.15, -0.1) is 0 Å². The molecule has 0 saturated heterocycles. The van der Waals surface area contributed by atoms with E-state index in [1.807, 2.05) is 52.0 Å². The van der Waals surface area contributed by atoms with E-state index in [0.29, 0.717) is 16.4 Å². The van der Waals surface area contributed by atoms with E-state index in [4.69, 9.17) is 5.73 Å². The number of fused-ring (bicyclic) bond motifs is 2. The van der Waals surface area contributed by atoms with Crippen LogP contribution in [0.3, 0.4) is 0 Å². The van der Waals surface area contributed by atoms with E-state index in [9.17, 15) is 14.0 Å². The van der Waals surface area contributed by atoms with E-state index in [1.165, 1.54) is 6.07 Å². The molecule has 1 heterocycles. The highest BCUT2D eigenvalue weighted by atomic mass is 19.1. The van der Waals surface area contributed by atoms with Gasteiger partial charge in [-0.1, -0.05) is 36.4 Å². The second-order valence-electron chi connectivity index (χ2n) is 9.26. The number of nitrogens with two attached hydrogens (primary N) is 1. The quantitative estimate of drug-likeness (QED) is 0.410. The fourth-order valence-electron chi connectivity index (χ4n) is 3.85. The van der Waals surface area contributed by atoms with Crippen LogP contribution in [0.1, 0.15) is 49.2 Å². The molecule has 3 aromatic carbocycles. The van der Waals surface area contributed by atoms with Crippen molar-refractivity contribution < 1.29 is 9.18 Å². The van der Waals surface area contributed by atoms with E-state index >= 15 is 0 Å². The van der Waals surface area contributed by atoms with Gasteiger partial charge in [0.15, 0.2) is 5.43 Å². The summed E-state index contributed by atoms with van der Waals surface area (Å²) in [6.45, 7) is 7.52. The second-order valence-corrected chi connectivity index (χ2v) is 9.26. The van der Waals surface area contributed by atoms with Crippen LogP contribution in [0, 0.1) is 5.82 Å². The summed E-state index contributed by atoms with van der Waals surface area (Å²) >= 11 is 0. The van der Waals surface area contributed by atoms with Crippen molar-refractivity contribution in [3.63, 3.8) is 0 Å². The zero-order chi connectivity index (χ0) is 23.3. The molecule has 0 aliphatic rings. The Hall–Kier alpha value is -3.51.